The average molecular weight is 312 g/mol. The lowest BCUT2D eigenvalue weighted by molar-refractivity contribution is -0.115. The van der Waals surface area contributed by atoms with E-state index in [1.807, 2.05) is 40.9 Å². The van der Waals surface area contributed by atoms with Gasteiger partial charge in [0.05, 0.1) is 29.7 Å². The lowest BCUT2D eigenvalue weighted by Gasteiger charge is -2.06. The number of anilines is 1. The number of hydrogen-bond donors (Lipinski definition) is 1. The molecule has 7 heteroatoms. The summed E-state index contributed by atoms with van der Waals surface area (Å²) >= 11 is 0. The molecule has 0 fully saturated rings. The van der Waals surface area contributed by atoms with Crippen molar-refractivity contribution in [3.05, 3.63) is 34.9 Å². The predicted molar refractivity (Wildman–Crippen MR) is 88.3 cm³/mol. The monoisotopic (exact) mass is 312 g/mol. The number of aryl methyl sites for hydroxylation is 4. The molecule has 0 aliphatic carbocycles. The molecule has 1 N–H and O–H groups in total. The molecule has 0 spiro atoms. The van der Waals surface area contributed by atoms with Gasteiger partial charge in [-0.3, -0.25) is 14.2 Å². The molecule has 23 heavy (non-hydrogen) atoms. The third-order valence-corrected chi connectivity index (χ3v) is 4.14. The highest BCUT2D eigenvalue weighted by Crippen LogP contribution is 2.20. The maximum Gasteiger partial charge on any atom is 0.228 e. The van der Waals surface area contributed by atoms with E-state index >= 15 is 0 Å². The van der Waals surface area contributed by atoms with Crippen molar-refractivity contribution in [2.45, 2.75) is 27.2 Å². The first-order valence-electron chi connectivity index (χ1n) is 7.45. The van der Waals surface area contributed by atoms with Crippen molar-refractivity contribution in [2.75, 3.05) is 5.32 Å². The van der Waals surface area contributed by atoms with E-state index in [0.29, 0.717) is 12.1 Å². The second-order valence-corrected chi connectivity index (χ2v) is 5.80. The zero-order chi connectivity index (χ0) is 16.7. The van der Waals surface area contributed by atoms with Crippen LogP contribution in [0.4, 0.5) is 5.69 Å². The van der Waals surface area contributed by atoms with E-state index < -0.39 is 0 Å². The molecule has 0 saturated carbocycles. The molecule has 0 bridgehead atoms. The summed E-state index contributed by atoms with van der Waals surface area (Å²) in [7, 11) is 3.74. The van der Waals surface area contributed by atoms with Gasteiger partial charge in [-0.05, 0) is 26.8 Å². The van der Waals surface area contributed by atoms with Crippen molar-refractivity contribution in [2.24, 2.45) is 14.1 Å². The number of fused-ring (bicyclic) bond motifs is 1. The molecule has 0 radical (unpaired) electrons. The number of amides is 1. The molecule has 3 heterocycles. The van der Waals surface area contributed by atoms with Crippen LogP contribution in [0.15, 0.2) is 12.3 Å². The van der Waals surface area contributed by atoms with Gasteiger partial charge >= 0.3 is 0 Å². The van der Waals surface area contributed by atoms with Crippen molar-refractivity contribution < 1.29 is 4.79 Å². The van der Waals surface area contributed by atoms with E-state index in [1.54, 1.807) is 15.6 Å². The van der Waals surface area contributed by atoms with Crippen molar-refractivity contribution in [1.82, 2.24) is 24.5 Å². The van der Waals surface area contributed by atoms with Gasteiger partial charge in [0.25, 0.3) is 0 Å². The van der Waals surface area contributed by atoms with Gasteiger partial charge in [0.15, 0.2) is 5.65 Å². The Kier molecular flexibility index (Phi) is 3.63. The average Bonchev–Trinajstić information content (AvgIpc) is 2.90. The summed E-state index contributed by atoms with van der Waals surface area (Å²) in [5.74, 6) is -0.0770. The van der Waals surface area contributed by atoms with E-state index in [0.717, 1.165) is 33.7 Å². The highest BCUT2D eigenvalue weighted by molar-refractivity contribution is 5.94. The lowest BCUT2D eigenvalue weighted by Crippen LogP contribution is -2.15. The third-order valence-electron chi connectivity index (χ3n) is 4.14. The summed E-state index contributed by atoms with van der Waals surface area (Å²) in [6, 6.07) is 1.91. The lowest BCUT2D eigenvalue weighted by atomic mass is 10.1. The molecule has 120 valence electrons. The summed E-state index contributed by atoms with van der Waals surface area (Å²) < 4.78 is 3.53. The smallest absolute Gasteiger partial charge is 0.228 e. The molecule has 0 atom stereocenters. The van der Waals surface area contributed by atoms with E-state index in [1.165, 1.54) is 0 Å². The molecule has 0 aliphatic rings. The summed E-state index contributed by atoms with van der Waals surface area (Å²) in [5.41, 5.74) is 5.24. The maximum atomic E-state index is 12.3. The van der Waals surface area contributed by atoms with Crippen LogP contribution < -0.4 is 5.32 Å². The second kappa shape index (κ2) is 5.49. The van der Waals surface area contributed by atoms with Gasteiger partial charge in [0, 0.05) is 30.7 Å². The molecule has 0 aliphatic heterocycles. The Morgan fingerprint density at radius 1 is 1.13 bits per heavy atom. The molecular formula is C16H20N6O. The number of pyridine rings is 1. The fourth-order valence-electron chi connectivity index (χ4n) is 2.82. The largest absolute Gasteiger partial charge is 0.324 e. The number of nitrogens with zero attached hydrogens (tertiary/aromatic N) is 5. The number of carbonyl (C=O) groups is 1. The van der Waals surface area contributed by atoms with Crippen LogP contribution in [0.3, 0.4) is 0 Å². The zero-order valence-electron chi connectivity index (χ0n) is 14.0. The van der Waals surface area contributed by atoms with Gasteiger partial charge in [-0.15, -0.1) is 0 Å². The standard InChI is InChI=1S/C16H20N6O/c1-9-13(11(3)21(4)19-9)7-15(23)18-12-6-14-10(2)20-22(5)16(14)17-8-12/h6,8H,7H2,1-5H3,(H,18,23). The zero-order valence-corrected chi connectivity index (χ0v) is 14.0. The number of nitrogens with one attached hydrogen (secondary N) is 1. The van der Waals surface area contributed by atoms with Crippen LogP contribution in [0.5, 0.6) is 0 Å². The molecule has 7 nitrogen and oxygen atoms in total. The van der Waals surface area contributed by atoms with Gasteiger partial charge in [-0.2, -0.15) is 10.2 Å². The highest BCUT2D eigenvalue weighted by Gasteiger charge is 2.14. The van der Waals surface area contributed by atoms with Crippen LogP contribution in [0.25, 0.3) is 11.0 Å². The van der Waals surface area contributed by atoms with Gasteiger partial charge in [-0.25, -0.2) is 4.98 Å². The molecule has 0 aromatic carbocycles. The molecule has 3 rings (SSSR count). The van der Waals surface area contributed by atoms with Crippen molar-refractivity contribution in [3.63, 3.8) is 0 Å². The Hall–Kier alpha value is -2.70. The minimum Gasteiger partial charge on any atom is -0.324 e. The van der Waals surface area contributed by atoms with Gasteiger partial charge in [0.1, 0.15) is 0 Å². The molecular weight excluding hydrogens is 292 g/mol. The van der Waals surface area contributed by atoms with Crippen LogP contribution in [0.2, 0.25) is 0 Å². The van der Waals surface area contributed by atoms with Crippen molar-refractivity contribution >= 4 is 22.6 Å². The Bertz CT molecular complexity index is 905. The Morgan fingerprint density at radius 2 is 1.83 bits per heavy atom. The van der Waals surface area contributed by atoms with Crippen LogP contribution in [-0.2, 0) is 25.3 Å². The van der Waals surface area contributed by atoms with Crippen molar-refractivity contribution in [1.29, 1.82) is 0 Å². The normalized spacial score (nSPS) is 11.2. The van der Waals surface area contributed by atoms with Gasteiger partial charge in [0.2, 0.25) is 5.91 Å². The van der Waals surface area contributed by atoms with Gasteiger partial charge in [-0.1, -0.05) is 0 Å². The minimum atomic E-state index is -0.0770. The quantitative estimate of drug-likeness (QED) is 0.800. The molecule has 0 unspecified atom stereocenters. The number of rotatable bonds is 3. The fraction of sp³-hybridized carbons (Fsp3) is 0.375. The minimum absolute atomic E-state index is 0.0770. The first-order valence-corrected chi connectivity index (χ1v) is 7.45. The number of aromatic nitrogens is 5. The summed E-state index contributed by atoms with van der Waals surface area (Å²) in [6.07, 6.45) is 1.96. The first-order chi connectivity index (χ1) is 10.9. The summed E-state index contributed by atoms with van der Waals surface area (Å²) in [5, 5.41) is 12.5. The first kappa shape index (κ1) is 15.2. The SMILES string of the molecule is Cc1nn(C)c(C)c1CC(=O)Nc1cnc2c(c1)c(C)nn2C. The second-order valence-electron chi connectivity index (χ2n) is 5.80. The molecule has 3 aromatic heterocycles. The third kappa shape index (κ3) is 2.69. The van der Waals surface area contributed by atoms with E-state index in [-0.39, 0.29) is 5.91 Å². The topological polar surface area (TPSA) is 77.6 Å². The Labute approximate surface area is 134 Å². The Morgan fingerprint density at radius 3 is 2.48 bits per heavy atom. The molecule has 0 saturated heterocycles. The van der Waals surface area contributed by atoms with Crippen molar-refractivity contribution in [3.8, 4) is 0 Å². The number of hydrogen-bond acceptors (Lipinski definition) is 4. The maximum absolute atomic E-state index is 12.3. The number of carbonyl (C=O) groups excluding carboxylic acids is 1. The van der Waals surface area contributed by atoms with Crippen LogP contribution in [0.1, 0.15) is 22.6 Å². The van der Waals surface area contributed by atoms with E-state index in [2.05, 4.69) is 20.5 Å². The highest BCUT2D eigenvalue weighted by atomic mass is 16.1. The summed E-state index contributed by atoms with van der Waals surface area (Å²) in [6.45, 7) is 5.81. The van der Waals surface area contributed by atoms with Crippen LogP contribution >= 0.6 is 0 Å². The van der Waals surface area contributed by atoms with E-state index in [9.17, 15) is 4.79 Å². The predicted octanol–water partition coefficient (Wildman–Crippen LogP) is 1.81. The Balaban J connectivity index is 1.81. The summed E-state index contributed by atoms with van der Waals surface area (Å²) in [4.78, 5) is 16.7. The van der Waals surface area contributed by atoms with Gasteiger partial charge < -0.3 is 5.32 Å². The fourth-order valence-corrected chi connectivity index (χ4v) is 2.82. The van der Waals surface area contributed by atoms with Crippen LogP contribution in [0, 0.1) is 20.8 Å². The molecule has 1 amide bonds. The molecule has 3 aromatic rings. The van der Waals surface area contributed by atoms with E-state index in [4.69, 9.17) is 0 Å². The van der Waals surface area contributed by atoms with Crippen LogP contribution in [-0.4, -0.2) is 30.5 Å².